The largest absolute Gasteiger partial charge is 0.348 e. The standard InChI is InChI=1S/C18H18FN3O2/c1-12(13-7-9-14(19)10-8-13)20-17(23)11-22-16-6-4-3-5-15(16)21(2)18(22)24/h3-10,12H,11H2,1-2H3,(H,20,23). The van der Waals surface area contributed by atoms with Crippen molar-refractivity contribution in [3.63, 3.8) is 0 Å². The van der Waals surface area contributed by atoms with Gasteiger partial charge in [0.2, 0.25) is 5.91 Å². The molecule has 0 aliphatic rings. The monoisotopic (exact) mass is 327 g/mol. The zero-order valence-corrected chi connectivity index (χ0v) is 13.5. The van der Waals surface area contributed by atoms with Crippen LogP contribution in [0.1, 0.15) is 18.5 Å². The van der Waals surface area contributed by atoms with Gasteiger partial charge in [-0.3, -0.25) is 13.9 Å². The smallest absolute Gasteiger partial charge is 0.329 e. The Morgan fingerprint density at radius 2 is 1.75 bits per heavy atom. The molecule has 1 aromatic heterocycles. The SMILES string of the molecule is CC(NC(=O)Cn1c(=O)n(C)c2ccccc21)c1ccc(F)cc1. The summed E-state index contributed by atoms with van der Waals surface area (Å²) in [5.41, 5.74) is 2.06. The molecule has 1 unspecified atom stereocenters. The molecule has 0 saturated carbocycles. The second-order valence-electron chi connectivity index (χ2n) is 5.76. The molecule has 24 heavy (non-hydrogen) atoms. The first-order valence-electron chi connectivity index (χ1n) is 7.66. The van der Waals surface area contributed by atoms with Gasteiger partial charge in [-0.2, -0.15) is 0 Å². The van der Waals surface area contributed by atoms with Gasteiger partial charge in [0, 0.05) is 7.05 Å². The lowest BCUT2D eigenvalue weighted by Crippen LogP contribution is -2.34. The van der Waals surface area contributed by atoms with Gasteiger partial charge in [-0.05, 0) is 36.8 Å². The molecule has 0 aliphatic carbocycles. The Balaban J connectivity index is 1.79. The van der Waals surface area contributed by atoms with Gasteiger partial charge in [-0.15, -0.1) is 0 Å². The Hall–Kier alpha value is -2.89. The molecule has 5 nitrogen and oxygen atoms in total. The van der Waals surface area contributed by atoms with Crippen molar-refractivity contribution in [1.82, 2.24) is 14.5 Å². The number of carbonyl (C=O) groups excluding carboxylic acids is 1. The van der Waals surface area contributed by atoms with Crippen LogP contribution in [0.15, 0.2) is 53.3 Å². The van der Waals surface area contributed by atoms with Gasteiger partial charge >= 0.3 is 5.69 Å². The maximum atomic E-state index is 13.0. The molecule has 3 rings (SSSR count). The average molecular weight is 327 g/mol. The number of benzene rings is 2. The van der Waals surface area contributed by atoms with Gasteiger partial charge in [0.15, 0.2) is 0 Å². The van der Waals surface area contributed by atoms with Gasteiger partial charge in [-0.25, -0.2) is 9.18 Å². The lowest BCUT2D eigenvalue weighted by Gasteiger charge is -2.14. The maximum absolute atomic E-state index is 13.0. The highest BCUT2D eigenvalue weighted by Gasteiger charge is 2.15. The zero-order valence-electron chi connectivity index (χ0n) is 13.5. The summed E-state index contributed by atoms with van der Waals surface area (Å²) >= 11 is 0. The second-order valence-corrected chi connectivity index (χ2v) is 5.76. The lowest BCUT2D eigenvalue weighted by atomic mass is 10.1. The van der Waals surface area contributed by atoms with Crippen molar-refractivity contribution in [2.75, 3.05) is 0 Å². The van der Waals surface area contributed by atoms with Crippen molar-refractivity contribution in [3.8, 4) is 0 Å². The molecule has 0 fully saturated rings. The summed E-state index contributed by atoms with van der Waals surface area (Å²) in [7, 11) is 1.68. The summed E-state index contributed by atoms with van der Waals surface area (Å²) in [5, 5.41) is 2.83. The number of imidazole rings is 1. The van der Waals surface area contributed by atoms with Crippen molar-refractivity contribution >= 4 is 16.9 Å². The molecular weight excluding hydrogens is 309 g/mol. The van der Waals surface area contributed by atoms with Gasteiger partial charge in [-0.1, -0.05) is 24.3 Å². The number of para-hydroxylation sites is 2. The summed E-state index contributed by atoms with van der Waals surface area (Å²) in [6.45, 7) is 1.75. The molecule has 1 N–H and O–H groups in total. The van der Waals surface area contributed by atoms with E-state index in [1.165, 1.54) is 21.3 Å². The predicted octanol–water partition coefficient (Wildman–Crippen LogP) is 2.36. The third-order valence-corrected chi connectivity index (χ3v) is 4.10. The van der Waals surface area contributed by atoms with Crippen molar-refractivity contribution < 1.29 is 9.18 Å². The van der Waals surface area contributed by atoms with Gasteiger partial charge in [0.05, 0.1) is 17.1 Å². The molecule has 0 aliphatic heterocycles. The van der Waals surface area contributed by atoms with E-state index in [9.17, 15) is 14.0 Å². The Bertz CT molecular complexity index is 941. The minimum Gasteiger partial charge on any atom is -0.348 e. The van der Waals surface area contributed by atoms with E-state index < -0.39 is 0 Å². The zero-order chi connectivity index (χ0) is 17.3. The molecule has 6 heteroatoms. The first-order chi connectivity index (χ1) is 11.5. The number of fused-ring (bicyclic) bond motifs is 1. The number of hydrogen-bond donors (Lipinski definition) is 1. The Morgan fingerprint density at radius 1 is 1.12 bits per heavy atom. The molecule has 124 valence electrons. The van der Waals surface area contributed by atoms with Crippen LogP contribution in [-0.2, 0) is 18.4 Å². The van der Waals surface area contributed by atoms with Crippen LogP contribution in [0.3, 0.4) is 0 Å². The highest BCUT2D eigenvalue weighted by molar-refractivity contribution is 5.81. The number of nitrogens with zero attached hydrogens (tertiary/aromatic N) is 2. The van der Waals surface area contributed by atoms with Crippen molar-refractivity contribution in [2.45, 2.75) is 19.5 Å². The first kappa shape index (κ1) is 16.0. The Kier molecular flexibility index (Phi) is 4.20. The van der Waals surface area contributed by atoms with Gasteiger partial charge in [0.25, 0.3) is 0 Å². The highest BCUT2D eigenvalue weighted by atomic mass is 19.1. The molecule has 0 radical (unpaired) electrons. The van der Waals surface area contributed by atoms with Crippen LogP contribution in [0.5, 0.6) is 0 Å². The highest BCUT2D eigenvalue weighted by Crippen LogP contribution is 2.14. The number of amides is 1. The summed E-state index contributed by atoms with van der Waals surface area (Å²) in [6, 6.07) is 13.0. The van der Waals surface area contributed by atoms with E-state index in [-0.39, 0.29) is 30.0 Å². The fraction of sp³-hybridized carbons (Fsp3) is 0.222. The van der Waals surface area contributed by atoms with Gasteiger partial charge in [0.1, 0.15) is 12.4 Å². The van der Waals surface area contributed by atoms with E-state index in [2.05, 4.69) is 5.32 Å². The van der Waals surface area contributed by atoms with Gasteiger partial charge < -0.3 is 5.32 Å². The topological polar surface area (TPSA) is 56.0 Å². The number of halogens is 1. The van der Waals surface area contributed by atoms with E-state index in [4.69, 9.17) is 0 Å². The normalized spacial score (nSPS) is 12.3. The minimum atomic E-state index is -0.320. The summed E-state index contributed by atoms with van der Waals surface area (Å²) in [5.74, 6) is -0.593. The molecular formula is C18H18FN3O2. The Labute approximate surface area is 138 Å². The number of carbonyl (C=O) groups is 1. The Morgan fingerprint density at radius 3 is 2.42 bits per heavy atom. The molecule has 2 aromatic carbocycles. The van der Waals surface area contributed by atoms with Crippen LogP contribution in [0.2, 0.25) is 0 Å². The fourth-order valence-corrected chi connectivity index (χ4v) is 2.78. The lowest BCUT2D eigenvalue weighted by molar-refractivity contribution is -0.122. The number of nitrogens with one attached hydrogen (secondary N) is 1. The summed E-state index contributed by atoms with van der Waals surface area (Å²) in [6.07, 6.45) is 0. The average Bonchev–Trinajstić information content (AvgIpc) is 2.81. The van der Waals surface area contributed by atoms with Crippen LogP contribution in [0.4, 0.5) is 4.39 Å². The quantitative estimate of drug-likeness (QED) is 0.800. The predicted molar refractivity (Wildman–Crippen MR) is 90.1 cm³/mol. The van der Waals surface area contributed by atoms with E-state index in [0.717, 1.165) is 16.6 Å². The van der Waals surface area contributed by atoms with Crippen LogP contribution in [0, 0.1) is 5.82 Å². The number of rotatable bonds is 4. The summed E-state index contributed by atoms with van der Waals surface area (Å²) in [4.78, 5) is 24.6. The molecule has 0 spiro atoms. The number of aromatic nitrogens is 2. The third kappa shape index (κ3) is 2.95. The van der Waals surface area contributed by atoms with E-state index >= 15 is 0 Å². The van der Waals surface area contributed by atoms with E-state index in [1.54, 1.807) is 19.2 Å². The van der Waals surface area contributed by atoms with Crippen molar-refractivity contribution in [1.29, 1.82) is 0 Å². The molecule has 1 amide bonds. The molecule has 0 bridgehead atoms. The number of aryl methyl sites for hydroxylation is 1. The van der Waals surface area contributed by atoms with E-state index in [1.807, 2.05) is 31.2 Å². The van der Waals surface area contributed by atoms with Crippen LogP contribution < -0.4 is 11.0 Å². The molecule has 0 saturated heterocycles. The van der Waals surface area contributed by atoms with Crippen LogP contribution in [0.25, 0.3) is 11.0 Å². The minimum absolute atomic E-state index is 0.0638. The second kappa shape index (κ2) is 6.31. The third-order valence-electron chi connectivity index (χ3n) is 4.10. The number of hydrogen-bond acceptors (Lipinski definition) is 2. The molecule has 3 aromatic rings. The fourth-order valence-electron chi connectivity index (χ4n) is 2.78. The molecule has 1 heterocycles. The summed E-state index contributed by atoms with van der Waals surface area (Å²) < 4.78 is 15.9. The van der Waals surface area contributed by atoms with Crippen molar-refractivity contribution in [3.05, 3.63) is 70.4 Å². The van der Waals surface area contributed by atoms with Crippen LogP contribution in [-0.4, -0.2) is 15.0 Å². The van der Waals surface area contributed by atoms with Crippen molar-refractivity contribution in [2.24, 2.45) is 7.05 Å². The molecule has 1 atom stereocenters. The van der Waals surface area contributed by atoms with E-state index in [0.29, 0.717) is 0 Å². The van der Waals surface area contributed by atoms with Crippen LogP contribution >= 0.6 is 0 Å². The first-order valence-corrected chi connectivity index (χ1v) is 7.66. The maximum Gasteiger partial charge on any atom is 0.329 e.